The molecule has 0 aliphatic rings. The van der Waals surface area contributed by atoms with Gasteiger partial charge in [0.25, 0.3) is 5.78 Å². The fraction of sp³-hybridized carbons (Fsp3) is 0.105. The summed E-state index contributed by atoms with van der Waals surface area (Å²) in [6.45, 7) is 0. The van der Waals surface area contributed by atoms with E-state index in [1.807, 2.05) is 24.3 Å². The van der Waals surface area contributed by atoms with E-state index in [0.29, 0.717) is 22.5 Å². The van der Waals surface area contributed by atoms with Gasteiger partial charge in [-0.15, -0.1) is 0 Å². The molecule has 120 valence electrons. The van der Waals surface area contributed by atoms with Gasteiger partial charge in [-0.2, -0.15) is 0 Å². The molecule has 0 N–H and O–H groups in total. The van der Waals surface area contributed by atoms with Crippen LogP contribution < -0.4 is 9.47 Å². The molecule has 0 aliphatic heterocycles. The minimum absolute atomic E-state index is 0.173. The second-order valence-electron chi connectivity index (χ2n) is 5.27. The Morgan fingerprint density at radius 1 is 0.875 bits per heavy atom. The second-order valence-corrected chi connectivity index (χ2v) is 5.27. The van der Waals surface area contributed by atoms with Crippen LogP contribution in [0.25, 0.3) is 21.7 Å². The number of benzene rings is 2. The van der Waals surface area contributed by atoms with Gasteiger partial charge in [0.1, 0.15) is 5.75 Å². The topological polar surface area (TPSA) is 61.8 Å². The molecular weight excluding hydrogens is 308 g/mol. The smallest absolute Gasteiger partial charge is 0.263 e. The predicted molar refractivity (Wildman–Crippen MR) is 89.0 cm³/mol. The van der Waals surface area contributed by atoms with E-state index in [-0.39, 0.29) is 17.3 Å². The van der Waals surface area contributed by atoms with Crippen molar-refractivity contribution < 1.29 is 23.1 Å². The largest absolute Gasteiger partial charge is 0.495 e. The fourth-order valence-corrected chi connectivity index (χ4v) is 2.94. The van der Waals surface area contributed by atoms with Crippen LogP contribution in [0.15, 0.2) is 57.6 Å². The van der Waals surface area contributed by atoms with Gasteiger partial charge >= 0.3 is 0 Å². The number of hydrogen-bond donors (Lipinski definition) is 0. The summed E-state index contributed by atoms with van der Waals surface area (Å²) in [4.78, 5) is 12.5. The molecule has 2 heterocycles. The summed E-state index contributed by atoms with van der Waals surface area (Å²) in [6.07, 6.45) is 1.45. The zero-order valence-electron chi connectivity index (χ0n) is 13.2. The summed E-state index contributed by atoms with van der Waals surface area (Å²) in [5.41, 5.74) is 0.475. The highest BCUT2D eigenvalue weighted by Crippen LogP contribution is 2.44. The molecule has 0 aliphatic carbocycles. The quantitative estimate of drug-likeness (QED) is 0.520. The van der Waals surface area contributed by atoms with Crippen LogP contribution in [0.3, 0.4) is 0 Å². The Balaban J connectivity index is 2.05. The van der Waals surface area contributed by atoms with Crippen molar-refractivity contribution in [1.29, 1.82) is 0 Å². The third kappa shape index (κ3) is 1.98. The van der Waals surface area contributed by atoms with Crippen molar-refractivity contribution in [2.45, 2.75) is 0 Å². The van der Waals surface area contributed by atoms with Gasteiger partial charge in [-0.3, -0.25) is 4.79 Å². The molecule has 0 spiro atoms. The van der Waals surface area contributed by atoms with Gasteiger partial charge in [0.2, 0.25) is 0 Å². The van der Waals surface area contributed by atoms with E-state index in [2.05, 4.69) is 0 Å². The molecule has 2 aromatic heterocycles. The Morgan fingerprint density at radius 3 is 2.21 bits per heavy atom. The molecule has 2 aromatic carbocycles. The number of fused-ring (bicyclic) bond motifs is 2. The number of furan rings is 2. The maximum Gasteiger partial charge on any atom is 0.263 e. The van der Waals surface area contributed by atoms with E-state index in [0.717, 1.165) is 10.8 Å². The first-order valence-electron chi connectivity index (χ1n) is 7.39. The minimum Gasteiger partial charge on any atom is -0.495 e. The molecule has 24 heavy (non-hydrogen) atoms. The summed E-state index contributed by atoms with van der Waals surface area (Å²) >= 11 is 0. The number of methoxy groups -OCH3 is 2. The van der Waals surface area contributed by atoms with E-state index in [1.165, 1.54) is 6.26 Å². The molecule has 0 saturated heterocycles. The fourth-order valence-electron chi connectivity index (χ4n) is 2.94. The Kier molecular flexibility index (Phi) is 3.27. The Bertz CT molecular complexity index is 980. The van der Waals surface area contributed by atoms with Gasteiger partial charge in [-0.05, 0) is 18.2 Å². The molecule has 0 amide bonds. The number of ether oxygens (including phenoxy) is 2. The van der Waals surface area contributed by atoms with Gasteiger partial charge < -0.3 is 18.3 Å². The SMILES string of the molecule is COc1c2ccccc2c(OC)c2oc(C(=O)c3ccco3)cc12. The second kappa shape index (κ2) is 5.45. The number of carbonyl (C=O) groups is 1. The number of ketones is 1. The summed E-state index contributed by atoms with van der Waals surface area (Å²) in [6, 6.07) is 12.6. The lowest BCUT2D eigenvalue weighted by Gasteiger charge is -2.10. The maximum absolute atomic E-state index is 12.5. The van der Waals surface area contributed by atoms with E-state index >= 15 is 0 Å². The van der Waals surface area contributed by atoms with Gasteiger partial charge in [0, 0.05) is 10.8 Å². The lowest BCUT2D eigenvalue weighted by Crippen LogP contribution is -1.96. The van der Waals surface area contributed by atoms with E-state index in [4.69, 9.17) is 18.3 Å². The Morgan fingerprint density at radius 2 is 1.58 bits per heavy atom. The van der Waals surface area contributed by atoms with Crippen LogP contribution in [0, 0.1) is 0 Å². The zero-order chi connectivity index (χ0) is 16.7. The van der Waals surface area contributed by atoms with Crippen LogP contribution in [0.5, 0.6) is 11.5 Å². The standard InChI is InChI=1S/C19H14O5/c1-21-17-11-6-3-4-7-12(11)18(22-2)19-13(17)10-15(24-19)16(20)14-8-5-9-23-14/h3-10H,1-2H3. The zero-order valence-corrected chi connectivity index (χ0v) is 13.2. The lowest BCUT2D eigenvalue weighted by atomic mass is 10.1. The van der Waals surface area contributed by atoms with Gasteiger partial charge in [-0.25, -0.2) is 0 Å². The Hall–Kier alpha value is -3.21. The Labute approximate surface area is 137 Å². The summed E-state index contributed by atoms with van der Waals surface area (Å²) in [5, 5.41) is 2.43. The van der Waals surface area contributed by atoms with Crippen molar-refractivity contribution in [2.24, 2.45) is 0 Å². The highest BCUT2D eigenvalue weighted by atomic mass is 16.5. The average Bonchev–Trinajstić information content (AvgIpc) is 3.28. The first-order valence-corrected chi connectivity index (χ1v) is 7.39. The molecule has 5 nitrogen and oxygen atoms in total. The van der Waals surface area contributed by atoms with Gasteiger partial charge in [0.05, 0.1) is 25.9 Å². The van der Waals surface area contributed by atoms with Crippen LogP contribution in [-0.2, 0) is 0 Å². The summed E-state index contributed by atoms with van der Waals surface area (Å²) < 4.78 is 22.1. The van der Waals surface area contributed by atoms with E-state index < -0.39 is 0 Å². The highest BCUT2D eigenvalue weighted by Gasteiger charge is 2.23. The number of hydrogen-bond acceptors (Lipinski definition) is 5. The van der Waals surface area contributed by atoms with E-state index in [1.54, 1.807) is 32.4 Å². The average molecular weight is 322 g/mol. The molecule has 0 bridgehead atoms. The minimum atomic E-state index is -0.329. The monoisotopic (exact) mass is 322 g/mol. The molecule has 4 aromatic rings. The third-order valence-electron chi connectivity index (χ3n) is 3.98. The van der Waals surface area contributed by atoms with Crippen LogP contribution in [-0.4, -0.2) is 20.0 Å². The van der Waals surface area contributed by atoms with Crippen molar-refractivity contribution >= 4 is 27.5 Å². The van der Waals surface area contributed by atoms with Crippen LogP contribution in [0.2, 0.25) is 0 Å². The van der Waals surface area contributed by atoms with Crippen LogP contribution in [0.1, 0.15) is 16.3 Å². The lowest BCUT2D eigenvalue weighted by molar-refractivity contribution is 0.0985. The van der Waals surface area contributed by atoms with Crippen LogP contribution in [0.4, 0.5) is 0 Å². The molecular formula is C19H14O5. The molecule has 0 fully saturated rings. The molecule has 0 saturated carbocycles. The van der Waals surface area contributed by atoms with Crippen molar-refractivity contribution in [1.82, 2.24) is 0 Å². The van der Waals surface area contributed by atoms with Crippen LogP contribution >= 0.6 is 0 Å². The van der Waals surface area contributed by atoms with Crippen molar-refractivity contribution in [3.63, 3.8) is 0 Å². The summed E-state index contributed by atoms with van der Waals surface area (Å²) in [7, 11) is 3.17. The normalized spacial score (nSPS) is 11.1. The molecule has 4 rings (SSSR count). The van der Waals surface area contributed by atoms with E-state index in [9.17, 15) is 4.79 Å². The van der Waals surface area contributed by atoms with Gasteiger partial charge in [-0.1, -0.05) is 24.3 Å². The van der Waals surface area contributed by atoms with Crippen molar-refractivity contribution in [2.75, 3.05) is 14.2 Å². The first-order chi connectivity index (χ1) is 11.7. The number of carbonyl (C=O) groups excluding carboxylic acids is 1. The maximum atomic E-state index is 12.5. The van der Waals surface area contributed by atoms with Gasteiger partial charge in [0.15, 0.2) is 22.9 Å². The van der Waals surface area contributed by atoms with Crippen molar-refractivity contribution in [3.05, 3.63) is 60.2 Å². The predicted octanol–water partition coefficient (Wildman–Crippen LogP) is 4.43. The molecule has 0 unspecified atom stereocenters. The molecule has 0 atom stereocenters. The molecule has 5 heteroatoms. The number of rotatable bonds is 4. The first kappa shape index (κ1) is 14.4. The van der Waals surface area contributed by atoms with Crippen molar-refractivity contribution in [3.8, 4) is 11.5 Å². The third-order valence-corrected chi connectivity index (χ3v) is 3.98. The highest BCUT2D eigenvalue weighted by molar-refractivity contribution is 6.13. The molecule has 0 radical (unpaired) electrons. The summed E-state index contributed by atoms with van der Waals surface area (Å²) in [5.74, 6) is 1.27.